The molecule has 31 heavy (non-hydrogen) atoms. The third-order valence-corrected chi connectivity index (χ3v) is 6.98. The Bertz CT molecular complexity index is 1070. The van der Waals surface area contributed by atoms with Crippen LogP contribution in [0.2, 0.25) is 0 Å². The van der Waals surface area contributed by atoms with Crippen LogP contribution >= 0.6 is 23.5 Å². The number of benzene rings is 2. The molecule has 2 atom stereocenters. The smallest absolute Gasteiger partial charge is 0.147 e. The molecule has 1 aromatic heterocycles. The maximum Gasteiger partial charge on any atom is 0.147 e. The predicted octanol–water partition coefficient (Wildman–Crippen LogP) is 4.69. The van der Waals surface area contributed by atoms with Crippen molar-refractivity contribution in [2.45, 2.75) is 29.6 Å². The number of hydrogen-bond donors (Lipinski definition) is 3. The lowest BCUT2D eigenvalue weighted by atomic mass is 10.2. The molecule has 1 aliphatic rings. The number of nitrogens with zero attached hydrogens (tertiary/aromatic N) is 1. The highest BCUT2D eigenvalue weighted by atomic mass is 32.2. The molecule has 0 spiro atoms. The van der Waals surface area contributed by atoms with Crippen molar-refractivity contribution in [3.8, 4) is 17.2 Å². The van der Waals surface area contributed by atoms with Crippen LogP contribution in [0.5, 0.6) is 17.2 Å². The Hall–Kier alpha value is -2.13. The summed E-state index contributed by atoms with van der Waals surface area (Å²) < 4.78 is 12.1. The van der Waals surface area contributed by atoms with E-state index in [9.17, 15) is 10.2 Å². The summed E-state index contributed by atoms with van der Waals surface area (Å²) in [6.07, 6.45) is 2.42. The van der Waals surface area contributed by atoms with Crippen LogP contribution in [0.25, 0.3) is 10.9 Å². The zero-order valence-corrected chi connectivity index (χ0v) is 19.1. The van der Waals surface area contributed by atoms with Crippen molar-refractivity contribution in [2.24, 2.45) is 4.99 Å². The van der Waals surface area contributed by atoms with Gasteiger partial charge >= 0.3 is 0 Å². The summed E-state index contributed by atoms with van der Waals surface area (Å²) in [5.41, 5.74) is 1.76. The number of thioether (sulfide) groups is 2. The zero-order chi connectivity index (χ0) is 21.8. The standard InChI is InChI=1S/C23H26N2O4S2/c1-14(13-27)28-21-11-17(29-16-3-5-18(30-2)6-4-16)9-15-10-20(25-22(15)21)23-24-12-19(31-23)7-8-26/h3-6,9-11,14,19,25-27H,7-8,12-13H2,1-2H3. The number of H-pyrrole nitrogens is 1. The van der Waals surface area contributed by atoms with Crippen molar-refractivity contribution in [3.63, 3.8) is 0 Å². The third-order valence-electron chi connectivity index (χ3n) is 4.94. The monoisotopic (exact) mass is 458 g/mol. The lowest BCUT2D eigenvalue weighted by molar-refractivity contribution is 0.131. The van der Waals surface area contributed by atoms with Crippen molar-refractivity contribution in [3.05, 3.63) is 48.2 Å². The molecule has 1 aliphatic heterocycles. The number of aliphatic hydroxyl groups is 2. The summed E-state index contributed by atoms with van der Waals surface area (Å²) in [7, 11) is 0. The molecule has 0 amide bonds. The Morgan fingerprint density at radius 1 is 1.19 bits per heavy atom. The van der Waals surface area contributed by atoms with E-state index in [-0.39, 0.29) is 19.3 Å². The number of aliphatic imine (C=N–C) groups is 1. The van der Waals surface area contributed by atoms with Crippen LogP contribution in [0.3, 0.4) is 0 Å². The number of fused-ring (bicyclic) bond motifs is 1. The molecule has 2 heterocycles. The fraction of sp³-hybridized carbons (Fsp3) is 0.348. The van der Waals surface area contributed by atoms with Crippen LogP contribution in [0, 0.1) is 0 Å². The first-order valence-electron chi connectivity index (χ1n) is 10.2. The number of aliphatic hydroxyl groups excluding tert-OH is 2. The summed E-state index contributed by atoms with van der Waals surface area (Å²) in [5.74, 6) is 2.03. The second kappa shape index (κ2) is 9.99. The maximum atomic E-state index is 9.47. The molecule has 0 radical (unpaired) electrons. The first-order valence-corrected chi connectivity index (χ1v) is 12.3. The van der Waals surface area contributed by atoms with Gasteiger partial charge in [-0.25, -0.2) is 0 Å². The zero-order valence-electron chi connectivity index (χ0n) is 17.5. The lowest BCUT2D eigenvalue weighted by Gasteiger charge is -2.14. The normalized spacial score (nSPS) is 17.0. The van der Waals surface area contributed by atoms with Gasteiger partial charge in [0.15, 0.2) is 0 Å². The van der Waals surface area contributed by atoms with Crippen LogP contribution < -0.4 is 9.47 Å². The summed E-state index contributed by atoms with van der Waals surface area (Å²) in [5, 5.41) is 20.9. The van der Waals surface area contributed by atoms with Gasteiger partial charge in [0, 0.05) is 28.2 Å². The molecular weight excluding hydrogens is 432 g/mol. The highest BCUT2D eigenvalue weighted by Gasteiger charge is 2.22. The van der Waals surface area contributed by atoms with E-state index in [1.165, 1.54) is 4.90 Å². The molecule has 3 aromatic rings. The second-order valence-corrected chi connectivity index (χ2v) is 9.52. The molecule has 0 fully saturated rings. The summed E-state index contributed by atoms with van der Waals surface area (Å²) in [4.78, 5) is 9.24. The van der Waals surface area contributed by atoms with Crippen LogP contribution in [-0.2, 0) is 0 Å². The summed E-state index contributed by atoms with van der Waals surface area (Å²) in [6.45, 7) is 2.62. The van der Waals surface area contributed by atoms with E-state index in [1.807, 2.05) is 55.6 Å². The Balaban J connectivity index is 1.66. The van der Waals surface area contributed by atoms with E-state index in [2.05, 4.69) is 9.98 Å². The largest absolute Gasteiger partial charge is 0.486 e. The van der Waals surface area contributed by atoms with E-state index >= 15 is 0 Å². The quantitative estimate of drug-likeness (QED) is 0.404. The number of aromatic nitrogens is 1. The minimum Gasteiger partial charge on any atom is -0.486 e. The van der Waals surface area contributed by atoms with Gasteiger partial charge in [-0.15, -0.1) is 11.8 Å². The molecule has 2 unspecified atom stereocenters. The van der Waals surface area contributed by atoms with Gasteiger partial charge in [-0.2, -0.15) is 0 Å². The molecule has 0 saturated heterocycles. The summed E-state index contributed by atoms with van der Waals surface area (Å²) in [6, 6.07) is 13.8. The van der Waals surface area contributed by atoms with Gasteiger partial charge in [0.2, 0.25) is 0 Å². The third kappa shape index (κ3) is 5.20. The Morgan fingerprint density at radius 3 is 2.71 bits per heavy atom. The van der Waals surface area contributed by atoms with E-state index in [0.717, 1.165) is 33.8 Å². The van der Waals surface area contributed by atoms with E-state index in [1.54, 1.807) is 23.5 Å². The van der Waals surface area contributed by atoms with Crippen molar-refractivity contribution < 1.29 is 19.7 Å². The highest BCUT2D eigenvalue weighted by molar-refractivity contribution is 8.15. The minimum absolute atomic E-state index is 0.0817. The Kier molecular flexibility index (Phi) is 7.12. The van der Waals surface area contributed by atoms with Crippen LogP contribution in [0.4, 0.5) is 0 Å². The number of nitrogens with one attached hydrogen (secondary N) is 1. The first kappa shape index (κ1) is 22.1. The molecule has 2 aromatic carbocycles. The predicted molar refractivity (Wildman–Crippen MR) is 128 cm³/mol. The SMILES string of the molecule is CSc1ccc(Oc2cc(OC(C)CO)c3[nH]c(C4=NCC(CCO)S4)cc3c2)cc1. The Morgan fingerprint density at radius 2 is 2.00 bits per heavy atom. The average Bonchev–Trinajstić information content (AvgIpc) is 3.41. The minimum atomic E-state index is -0.349. The molecule has 164 valence electrons. The first-order chi connectivity index (χ1) is 15.1. The average molecular weight is 459 g/mol. The topological polar surface area (TPSA) is 87.1 Å². The van der Waals surface area contributed by atoms with Crippen molar-refractivity contribution >= 4 is 39.5 Å². The van der Waals surface area contributed by atoms with E-state index in [4.69, 9.17) is 9.47 Å². The van der Waals surface area contributed by atoms with Gasteiger partial charge < -0.3 is 24.7 Å². The molecule has 8 heteroatoms. The van der Waals surface area contributed by atoms with Gasteiger partial charge in [0.25, 0.3) is 0 Å². The van der Waals surface area contributed by atoms with E-state index in [0.29, 0.717) is 23.3 Å². The Labute approximate surface area is 190 Å². The molecule has 4 rings (SSSR count). The molecule has 0 bridgehead atoms. The number of ether oxygens (including phenoxy) is 2. The van der Waals surface area contributed by atoms with Crippen LogP contribution in [0.1, 0.15) is 19.0 Å². The highest BCUT2D eigenvalue weighted by Crippen LogP contribution is 2.36. The lowest BCUT2D eigenvalue weighted by Crippen LogP contribution is -2.16. The van der Waals surface area contributed by atoms with Crippen LogP contribution in [-0.4, -0.2) is 57.6 Å². The van der Waals surface area contributed by atoms with Crippen LogP contribution in [0.15, 0.2) is 52.4 Å². The van der Waals surface area contributed by atoms with Crippen molar-refractivity contribution in [1.82, 2.24) is 4.98 Å². The molecular formula is C23H26N2O4S2. The van der Waals surface area contributed by atoms with Gasteiger partial charge in [0.1, 0.15) is 28.4 Å². The van der Waals surface area contributed by atoms with Gasteiger partial charge in [-0.1, -0.05) is 11.8 Å². The molecule has 0 aliphatic carbocycles. The number of rotatable bonds is 9. The van der Waals surface area contributed by atoms with Crippen molar-refractivity contribution in [2.75, 3.05) is 26.0 Å². The summed E-state index contributed by atoms with van der Waals surface area (Å²) >= 11 is 3.37. The fourth-order valence-electron chi connectivity index (χ4n) is 3.35. The number of hydrogen-bond acceptors (Lipinski definition) is 7. The number of aromatic amines is 1. The van der Waals surface area contributed by atoms with Gasteiger partial charge in [0.05, 0.1) is 24.4 Å². The molecule has 0 saturated carbocycles. The van der Waals surface area contributed by atoms with Gasteiger partial charge in [-0.05, 0) is 56.0 Å². The molecule has 6 nitrogen and oxygen atoms in total. The fourth-order valence-corrected chi connectivity index (χ4v) is 4.83. The maximum absolute atomic E-state index is 9.47. The molecule has 3 N–H and O–H groups in total. The second-order valence-electron chi connectivity index (χ2n) is 7.36. The van der Waals surface area contributed by atoms with E-state index < -0.39 is 0 Å². The van der Waals surface area contributed by atoms with Gasteiger partial charge in [-0.3, -0.25) is 4.99 Å². The van der Waals surface area contributed by atoms with Crippen molar-refractivity contribution in [1.29, 1.82) is 0 Å².